The molecule has 3 rings (SSSR count). The summed E-state index contributed by atoms with van der Waals surface area (Å²) in [5.74, 6) is 0.396. The summed E-state index contributed by atoms with van der Waals surface area (Å²) in [6.45, 7) is 6.28. The Labute approximate surface area is 173 Å². The minimum atomic E-state index is -0.0383. The molecular weight excluding hydrogens is 390 g/mol. The second kappa shape index (κ2) is 9.21. The van der Waals surface area contributed by atoms with Gasteiger partial charge >= 0.3 is 0 Å². The molecule has 0 bridgehead atoms. The monoisotopic (exact) mass is 413 g/mol. The Morgan fingerprint density at radius 3 is 2.82 bits per heavy atom. The molecule has 0 unspecified atom stereocenters. The molecule has 1 N–H and O–H groups in total. The first-order valence-corrected chi connectivity index (χ1v) is 10.8. The van der Waals surface area contributed by atoms with Crippen LogP contribution in [-0.2, 0) is 11.2 Å². The lowest BCUT2D eigenvalue weighted by Gasteiger charge is -2.12. The van der Waals surface area contributed by atoms with Crippen LogP contribution in [-0.4, -0.2) is 33.5 Å². The topological polar surface area (TPSA) is 64.0 Å². The van der Waals surface area contributed by atoms with Crippen LogP contribution in [0.15, 0.2) is 47.9 Å². The minimum absolute atomic E-state index is 0.0383. The maximum atomic E-state index is 12.6. The number of carbonyl (C=O) groups excluding carboxylic acids is 2. The number of thiophene rings is 1. The van der Waals surface area contributed by atoms with Gasteiger partial charge in [-0.15, -0.1) is 11.3 Å². The Morgan fingerprint density at radius 1 is 1.21 bits per heavy atom. The fraction of sp³-hybridized carbons (Fsp3) is 0.286. The summed E-state index contributed by atoms with van der Waals surface area (Å²) in [4.78, 5) is 29.8. The zero-order chi connectivity index (χ0) is 20.1. The Bertz CT molecular complexity index is 991. The van der Waals surface area contributed by atoms with E-state index >= 15 is 0 Å². The summed E-state index contributed by atoms with van der Waals surface area (Å²) in [7, 11) is 0. The van der Waals surface area contributed by atoms with Crippen molar-refractivity contribution < 1.29 is 9.59 Å². The van der Waals surface area contributed by atoms with Crippen LogP contribution in [0, 0.1) is 13.8 Å². The molecule has 5 nitrogen and oxygen atoms in total. The van der Waals surface area contributed by atoms with Crippen molar-refractivity contribution in [2.45, 2.75) is 32.3 Å². The van der Waals surface area contributed by atoms with Gasteiger partial charge in [0.05, 0.1) is 16.3 Å². The lowest BCUT2D eigenvalue weighted by Crippen LogP contribution is -2.22. The summed E-state index contributed by atoms with van der Waals surface area (Å²) in [5, 5.41) is 3.58. The number of hydrogen-bond donors (Lipinski definition) is 1. The van der Waals surface area contributed by atoms with Crippen molar-refractivity contribution >= 4 is 34.8 Å². The van der Waals surface area contributed by atoms with Crippen molar-refractivity contribution in [3.8, 4) is 5.69 Å². The van der Waals surface area contributed by atoms with E-state index in [1.54, 1.807) is 6.20 Å². The fourth-order valence-corrected chi connectivity index (χ4v) is 4.69. The number of hydrogen-bond acceptors (Lipinski definition) is 5. The van der Waals surface area contributed by atoms with Crippen molar-refractivity contribution in [3.63, 3.8) is 0 Å². The van der Waals surface area contributed by atoms with Crippen LogP contribution in [0.4, 0.5) is 0 Å². The van der Waals surface area contributed by atoms with Crippen LogP contribution < -0.4 is 5.32 Å². The average molecular weight is 414 g/mol. The normalized spacial score (nSPS) is 10.8. The minimum Gasteiger partial charge on any atom is -0.356 e. The van der Waals surface area contributed by atoms with E-state index in [0.29, 0.717) is 12.3 Å². The van der Waals surface area contributed by atoms with Gasteiger partial charge in [0.1, 0.15) is 0 Å². The number of imidazole rings is 1. The summed E-state index contributed by atoms with van der Waals surface area (Å²) < 4.78 is 2.04. The molecule has 146 valence electrons. The first kappa shape index (κ1) is 20.4. The smallest absolute Gasteiger partial charge is 0.216 e. The van der Waals surface area contributed by atoms with Crippen LogP contribution in [0.25, 0.3) is 5.69 Å². The zero-order valence-corrected chi connectivity index (χ0v) is 17.8. The molecule has 7 heteroatoms. The largest absolute Gasteiger partial charge is 0.356 e. The zero-order valence-electron chi connectivity index (χ0n) is 16.2. The van der Waals surface area contributed by atoms with E-state index < -0.39 is 0 Å². The quantitative estimate of drug-likeness (QED) is 0.444. The van der Waals surface area contributed by atoms with Gasteiger partial charge in [0.25, 0.3) is 0 Å². The number of benzene rings is 1. The molecule has 1 amide bonds. The standard InChI is InChI=1S/C21H23N3O2S2/c1-14-5-4-6-18(15(14)2)24-12-11-23-21(24)27-13-19(26)20-8-7-17(28-20)9-10-22-16(3)25/h4-8,11-12H,9-10,13H2,1-3H3,(H,22,25). The molecule has 0 radical (unpaired) electrons. The van der Waals surface area contributed by atoms with Gasteiger partial charge in [0.2, 0.25) is 5.91 Å². The summed E-state index contributed by atoms with van der Waals surface area (Å²) in [6, 6.07) is 10.0. The molecule has 28 heavy (non-hydrogen) atoms. The van der Waals surface area contributed by atoms with Crippen LogP contribution in [0.3, 0.4) is 0 Å². The molecule has 0 atom stereocenters. The highest BCUT2D eigenvalue weighted by atomic mass is 32.2. The number of rotatable bonds is 8. The third-order valence-electron chi connectivity index (χ3n) is 4.46. The van der Waals surface area contributed by atoms with Gasteiger partial charge < -0.3 is 5.32 Å². The van der Waals surface area contributed by atoms with Gasteiger partial charge in [-0.05, 0) is 49.6 Å². The Balaban J connectivity index is 1.63. The summed E-state index contributed by atoms with van der Waals surface area (Å²) >= 11 is 2.94. The number of amides is 1. The highest BCUT2D eigenvalue weighted by molar-refractivity contribution is 7.99. The molecule has 0 saturated heterocycles. The predicted octanol–water partition coefficient (Wildman–Crippen LogP) is 4.20. The highest BCUT2D eigenvalue weighted by Gasteiger charge is 2.14. The molecule has 0 aliphatic heterocycles. The lowest BCUT2D eigenvalue weighted by molar-refractivity contribution is -0.118. The fourth-order valence-electron chi connectivity index (χ4n) is 2.80. The number of aryl methyl sites for hydroxylation is 1. The Morgan fingerprint density at radius 2 is 2.04 bits per heavy atom. The first-order chi connectivity index (χ1) is 13.5. The number of thioether (sulfide) groups is 1. The van der Waals surface area contributed by atoms with Gasteiger partial charge in [-0.25, -0.2) is 4.98 Å². The van der Waals surface area contributed by atoms with Crippen molar-refractivity contribution in [3.05, 3.63) is 63.6 Å². The number of nitrogens with zero attached hydrogens (tertiary/aromatic N) is 2. The third kappa shape index (κ3) is 4.91. The van der Waals surface area contributed by atoms with Gasteiger partial charge in [-0.2, -0.15) is 0 Å². The molecule has 0 saturated carbocycles. The van der Waals surface area contributed by atoms with Crippen molar-refractivity contribution in [1.29, 1.82) is 0 Å². The van der Waals surface area contributed by atoms with Gasteiger partial charge in [-0.3, -0.25) is 14.2 Å². The molecule has 0 spiro atoms. The van der Waals surface area contributed by atoms with Crippen LogP contribution >= 0.6 is 23.1 Å². The summed E-state index contributed by atoms with van der Waals surface area (Å²) in [6.07, 6.45) is 4.43. The number of Topliss-reactive ketones (excluding diaryl/α,β-unsaturated/α-hetero) is 1. The first-order valence-electron chi connectivity index (χ1n) is 9.05. The second-order valence-electron chi connectivity index (χ2n) is 6.51. The van der Waals surface area contributed by atoms with E-state index in [1.165, 1.54) is 41.1 Å². The molecule has 0 aliphatic carbocycles. The van der Waals surface area contributed by atoms with Gasteiger partial charge in [0.15, 0.2) is 10.9 Å². The molecule has 3 aromatic rings. The molecule has 2 aromatic heterocycles. The Hall–Kier alpha value is -2.38. The van der Waals surface area contributed by atoms with E-state index in [-0.39, 0.29) is 11.7 Å². The maximum absolute atomic E-state index is 12.6. The summed E-state index contributed by atoms with van der Waals surface area (Å²) in [5.41, 5.74) is 3.52. The van der Waals surface area contributed by atoms with E-state index in [0.717, 1.165) is 27.0 Å². The molecule has 0 aliphatic rings. The predicted molar refractivity (Wildman–Crippen MR) is 115 cm³/mol. The van der Waals surface area contributed by atoms with Crippen LogP contribution in [0.5, 0.6) is 0 Å². The van der Waals surface area contributed by atoms with Crippen molar-refractivity contribution in [2.24, 2.45) is 0 Å². The molecular formula is C21H23N3O2S2. The third-order valence-corrected chi connectivity index (χ3v) is 6.61. The lowest BCUT2D eigenvalue weighted by atomic mass is 10.1. The van der Waals surface area contributed by atoms with E-state index in [2.05, 4.69) is 36.3 Å². The van der Waals surface area contributed by atoms with Crippen molar-refractivity contribution in [1.82, 2.24) is 14.9 Å². The number of carbonyl (C=O) groups is 2. The molecule has 1 aromatic carbocycles. The van der Waals surface area contributed by atoms with Crippen LogP contribution in [0.2, 0.25) is 0 Å². The molecule has 2 heterocycles. The number of aromatic nitrogens is 2. The van der Waals surface area contributed by atoms with Gasteiger partial charge in [0, 0.05) is 30.7 Å². The van der Waals surface area contributed by atoms with E-state index in [1.807, 2.05) is 29.0 Å². The van der Waals surface area contributed by atoms with Crippen LogP contribution in [0.1, 0.15) is 32.6 Å². The van der Waals surface area contributed by atoms with Crippen molar-refractivity contribution in [2.75, 3.05) is 12.3 Å². The SMILES string of the molecule is CC(=O)NCCc1ccc(C(=O)CSc2nccn2-c2cccc(C)c2C)s1. The average Bonchev–Trinajstić information content (AvgIpc) is 3.31. The van der Waals surface area contributed by atoms with E-state index in [4.69, 9.17) is 0 Å². The van der Waals surface area contributed by atoms with E-state index in [9.17, 15) is 9.59 Å². The second-order valence-corrected chi connectivity index (χ2v) is 8.62. The Kier molecular flexibility index (Phi) is 6.70. The number of nitrogens with one attached hydrogen (secondary N) is 1. The number of ketones is 1. The highest BCUT2D eigenvalue weighted by Crippen LogP contribution is 2.26. The molecule has 0 fully saturated rings. The van der Waals surface area contributed by atoms with Gasteiger partial charge in [-0.1, -0.05) is 23.9 Å². The maximum Gasteiger partial charge on any atom is 0.216 e.